The molecule has 0 spiro atoms. The summed E-state index contributed by atoms with van der Waals surface area (Å²) in [5.74, 6) is -14.1. The van der Waals surface area contributed by atoms with Gasteiger partial charge < -0.3 is 77.3 Å². The topological polar surface area (TPSA) is 328 Å². The monoisotopic (exact) mass is 1310 g/mol. The van der Waals surface area contributed by atoms with E-state index < -0.39 is 94.6 Å². The standard InChI is InChI=1S/4C15H28O6.Zr/c4*1-5-9-19-12(14(17)18)13(16)15(8-4,20-10-6-2)21-11-7-3;/h4*12H,5-11H2,1-4H3,(H,17,18);. The molecule has 0 saturated carbocycles. The van der Waals surface area contributed by atoms with Crippen molar-refractivity contribution in [1.82, 2.24) is 0 Å². The molecule has 0 aromatic heterocycles. The summed E-state index contributed by atoms with van der Waals surface area (Å²) >= 11 is 0. The number of rotatable bonds is 52. The van der Waals surface area contributed by atoms with Gasteiger partial charge in [0, 0.05) is 78.3 Å². The van der Waals surface area contributed by atoms with Crippen molar-refractivity contribution in [3.05, 3.63) is 0 Å². The van der Waals surface area contributed by atoms with E-state index in [0.717, 1.165) is 0 Å². The van der Waals surface area contributed by atoms with Crippen molar-refractivity contribution in [2.75, 3.05) is 79.3 Å². The quantitative estimate of drug-likeness (QED) is 0.0325. The number of hydrogen-bond acceptors (Lipinski definition) is 20. The van der Waals surface area contributed by atoms with Gasteiger partial charge in [-0.1, -0.05) is 111 Å². The fourth-order valence-electron chi connectivity index (χ4n) is 7.16. The van der Waals surface area contributed by atoms with Crippen molar-refractivity contribution in [2.45, 2.75) is 261 Å². The second kappa shape index (κ2) is 55.1. The molecule has 0 bridgehead atoms. The summed E-state index contributed by atoms with van der Waals surface area (Å²) in [6, 6.07) is 0. The van der Waals surface area contributed by atoms with Crippen LogP contribution in [0.3, 0.4) is 0 Å². The van der Waals surface area contributed by atoms with E-state index in [1.54, 1.807) is 27.7 Å². The van der Waals surface area contributed by atoms with Gasteiger partial charge in [0.15, 0.2) is 0 Å². The number of carbonyl (C=O) groups excluding carboxylic acids is 4. The molecule has 0 aliphatic rings. The summed E-state index contributed by atoms with van der Waals surface area (Å²) in [6.07, 6.45) is 2.90. The van der Waals surface area contributed by atoms with Crippen molar-refractivity contribution in [2.24, 2.45) is 0 Å². The first kappa shape index (κ1) is 90.7. The van der Waals surface area contributed by atoms with Crippen LogP contribution in [0.5, 0.6) is 0 Å². The van der Waals surface area contributed by atoms with Gasteiger partial charge in [-0.25, -0.2) is 19.2 Å². The van der Waals surface area contributed by atoms with Crippen LogP contribution in [0.25, 0.3) is 0 Å². The number of Topliss-reactive ketones (excluding diaryl/α,β-unsaturated/α-hetero) is 4. The summed E-state index contributed by atoms with van der Waals surface area (Å²) in [4.78, 5) is 95.6. The average Bonchev–Trinajstić information content (AvgIpc) is 3.48. The maximum absolute atomic E-state index is 12.6. The molecule has 25 heteroatoms. The Morgan fingerprint density at radius 2 is 0.365 bits per heavy atom. The van der Waals surface area contributed by atoms with Crippen LogP contribution in [-0.2, 0) is 121 Å². The molecule has 500 valence electrons. The van der Waals surface area contributed by atoms with Crippen LogP contribution in [0.1, 0.15) is 214 Å². The maximum atomic E-state index is 12.6. The van der Waals surface area contributed by atoms with E-state index in [4.69, 9.17) is 56.8 Å². The summed E-state index contributed by atoms with van der Waals surface area (Å²) < 4.78 is 65.4. The number of hydrogen-bond donors (Lipinski definition) is 4. The van der Waals surface area contributed by atoms with Crippen LogP contribution in [-0.4, -0.2) is 194 Å². The van der Waals surface area contributed by atoms with E-state index >= 15 is 0 Å². The van der Waals surface area contributed by atoms with E-state index in [1.165, 1.54) is 0 Å². The van der Waals surface area contributed by atoms with E-state index in [9.17, 15) is 58.8 Å². The van der Waals surface area contributed by atoms with Crippen LogP contribution in [0.2, 0.25) is 0 Å². The molecule has 24 nitrogen and oxygen atoms in total. The fourth-order valence-corrected chi connectivity index (χ4v) is 7.16. The zero-order valence-electron chi connectivity index (χ0n) is 54.6. The van der Waals surface area contributed by atoms with Crippen molar-refractivity contribution in [3.63, 3.8) is 0 Å². The summed E-state index contributed by atoms with van der Waals surface area (Å²) in [5.41, 5.74) is 0. The Bertz CT molecular complexity index is 1480. The normalized spacial score (nSPS) is 13.0. The SMILES string of the molecule is CCCOC(C(=O)O)C(=O)C(CC)(OCCC)OCCC.CCCOC(C(=O)O)C(=O)C(CC)(OCCC)OCCC.CCCOC(C(=O)O)C(=O)C(CC)(OCCC)OCCC.CCCOC(C(=O)O)C(=O)C(CC)(OCCC)OCCC.[Zr]. The predicted octanol–water partition coefficient (Wildman–Crippen LogP) is 9.58. The molecule has 0 rings (SSSR count). The summed E-state index contributed by atoms with van der Waals surface area (Å²) in [5, 5.41) is 36.9. The first-order chi connectivity index (χ1) is 39.9. The minimum atomic E-state index is -1.56. The van der Waals surface area contributed by atoms with Crippen LogP contribution in [0.4, 0.5) is 0 Å². The van der Waals surface area contributed by atoms with Gasteiger partial charge in [0.1, 0.15) is 0 Å². The number of ether oxygens (including phenoxy) is 12. The zero-order valence-corrected chi connectivity index (χ0v) is 57.0. The average molecular weight is 1310 g/mol. The number of carboxylic acids is 4. The van der Waals surface area contributed by atoms with Gasteiger partial charge in [0.25, 0.3) is 0 Å². The minimum absolute atomic E-state index is 0. The van der Waals surface area contributed by atoms with Crippen molar-refractivity contribution >= 4 is 47.0 Å². The first-order valence-corrected chi connectivity index (χ1v) is 30.6. The van der Waals surface area contributed by atoms with Crippen LogP contribution >= 0.6 is 0 Å². The molecule has 0 aromatic carbocycles. The summed E-state index contributed by atoms with van der Waals surface area (Å²) in [6.45, 7) is 33.0. The van der Waals surface area contributed by atoms with Gasteiger partial charge in [-0.05, 0) is 77.0 Å². The van der Waals surface area contributed by atoms with Crippen LogP contribution < -0.4 is 0 Å². The number of carboxylic acid groups (broad SMARTS) is 4. The summed E-state index contributed by atoms with van der Waals surface area (Å²) in [7, 11) is 0. The molecule has 0 radical (unpaired) electrons. The molecule has 4 atom stereocenters. The largest absolute Gasteiger partial charge is 0.479 e. The van der Waals surface area contributed by atoms with Gasteiger partial charge in [0.2, 0.25) is 70.7 Å². The van der Waals surface area contributed by atoms with E-state index in [2.05, 4.69) is 0 Å². The smallest absolute Gasteiger partial charge is 0.340 e. The molecule has 0 aromatic rings. The maximum Gasteiger partial charge on any atom is 0.340 e. The third-order valence-electron chi connectivity index (χ3n) is 11.5. The Kier molecular flexibility index (Phi) is 58.8. The Balaban J connectivity index is -0.000000333. The number of carbonyl (C=O) groups is 8. The molecule has 4 N–H and O–H groups in total. The van der Waals surface area contributed by atoms with Gasteiger partial charge in [0.05, 0.1) is 52.9 Å². The van der Waals surface area contributed by atoms with E-state index in [1.807, 2.05) is 83.1 Å². The minimum Gasteiger partial charge on any atom is -0.479 e. The molecule has 0 amide bonds. The molecule has 0 heterocycles. The zero-order chi connectivity index (χ0) is 65.2. The van der Waals surface area contributed by atoms with Gasteiger partial charge >= 0.3 is 23.9 Å². The molecular weight excluding hydrogens is 1200 g/mol. The molecule has 0 fully saturated rings. The second-order valence-corrected chi connectivity index (χ2v) is 19.0. The Morgan fingerprint density at radius 1 is 0.247 bits per heavy atom. The predicted molar refractivity (Wildman–Crippen MR) is 313 cm³/mol. The Morgan fingerprint density at radius 3 is 0.447 bits per heavy atom. The van der Waals surface area contributed by atoms with Crippen molar-refractivity contribution < 1.29 is 142 Å². The Labute approximate surface area is 526 Å². The third kappa shape index (κ3) is 34.5. The first-order valence-electron chi connectivity index (χ1n) is 30.6. The third-order valence-corrected chi connectivity index (χ3v) is 11.5. The molecule has 4 unspecified atom stereocenters. The van der Waals surface area contributed by atoms with Gasteiger partial charge in [-0.2, -0.15) is 0 Å². The van der Waals surface area contributed by atoms with Crippen molar-refractivity contribution in [1.29, 1.82) is 0 Å². The molecular formula is C60H112O24Zr. The van der Waals surface area contributed by atoms with E-state index in [-0.39, 0.29) is 78.3 Å². The molecule has 0 aliphatic heterocycles. The molecule has 0 saturated heterocycles. The van der Waals surface area contributed by atoms with Crippen LogP contribution in [0, 0.1) is 0 Å². The van der Waals surface area contributed by atoms with Crippen LogP contribution in [0.15, 0.2) is 0 Å². The molecule has 0 aliphatic carbocycles. The van der Waals surface area contributed by atoms with Gasteiger partial charge in [-0.3, -0.25) is 19.2 Å². The molecule has 85 heavy (non-hydrogen) atoms. The Hall–Kier alpha value is -3.04. The fraction of sp³-hybridized carbons (Fsp3) is 0.867. The number of aliphatic carboxylic acids is 4. The van der Waals surface area contributed by atoms with Gasteiger partial charge in [-0.15, -0.1) is 0 Å². The number of ketones is 4. The van der Waals surface area contributed by atoms with E-state index in [0.29, 0.717) is 130 Å². The van der Waals surface area contributed by atoms with Crippen molar-refractivity contribution in [3.8, 4) is 0 Å². The second-order valence-electron chi connectivity index (χ2n) is 19.0.